The molecular weight excluding hydrogens is 423 g/mol. The number of halogens is 3. The van der Waals surface area contributed by atoms with Crippen molar-refractivity contribution in [3.63, 3.8) is 0 Å². The van der Waals surface area contributed by atoms with Crippen molar-refractivity contribution in [1.29, 1.82) is 0 Å². The number of primary amides is 1. The first-order chi connectivity index (χ1) is 15.9. The van der Waals surface area contributed by atoms with Gasteiger partial charge in [0.1, 0.15) is 0 Å². The van der Waals surface area contributed by atoms with Gasteiger partial charge in [0.15, 0.2) is 0 Å². The summed E-state index contributed by atoms with van der Waals surface area (Å²) in [6.45, 7) is 2.20. The largest absolute Gasteiger partial charge is 0.396 e. The summed E-state index contributed by atoms with van der Waals surface area (Å²) in [7, 11) is 0. The Hall–Kier alpha value is -2.56. The van der Waals surface area contributed by atoms with Crippen molar-refractivity contribution >= 4 is 5.91 Å². The highest BCUT2D eigenvalue weighted by atomic mass is 19.4. The van der Waals surface area contributed by atoms with Crippen molar-refractivity contribution in [3.05, 3.63) is 84.5 Å². The quantitative estimate of drug-likeness (QED) is 0.196. The third-order valence-corrected chi connectivity index (χ3v) is 5.38. The molecule has 0 saturated carbocycles. The van der Waals surface area contributed by atoms with Gasteiger partial charge in [-0.2, -0.15) is 13.2 Å². The molecule has 2 nitrogen and oxygen atoms in total. The van der Waals surface area contributed by atoms with E-state index < -0.39 is 23.9 Å². The third-order valence-electron chi connectivity index (χ3n) is 5.38. The highest BCUT2D eigenvalue weighted by Gasteiger charge is 2.47. The molecule has 33 heavy (non-hydrogen) atoms. The lowest BCUT2D eigenvalue weighted by atomic mass is 9.82. The first-order valence-electron chi connectivity index (χ1n) is 11.9. The number of hydrogen-bond acceptors (Lipinski definition) is 1. The van der Waals surface area contributed by atoms with Crippen LogP contribution in [-0.4, -0.2) is 12.1 Å². The predicted octanol–water partition coefficient (Wildman–Crippen LogP) is 8.19. The Morgan fingerprint density at radius 1 is 0.848 bits per heavy atom. The van der Waals surface area contributed by atoms with Crippen LogP contribution in [0.1, 0.15) is 76.2 Å². The zero-order chi connectivity index (χ0) is 24.4. The van der Waals surface area contributed by atoms with E-state index in [-0.39, 0.29) is 12.0 Å². The lowest BCUT2D eigenvalue weighted by Crippen LogP contribution is -2.36. The van der Waals surface area contributed by atoms with Crippen molar-refractivity contribution in [3.8, 4) is 0 Å². The second-order valence-corrected chi connectivity index (χ2v) is 8.10. The Balaban J connectivity index is 2.39. The molecule has 0 aliphatic rings. The molecule has 0 aromatic heterocycles. The summed E-state index contributed by atoms with van der Waals surface area (Å²) >= 11 is 0. The Labute approximate surface area is 197 Å². The molecule has 2 atom stereocenters. The number of amides is 1. The van der Waals surface area contributed by atoms with E-state index in [9.17, 15) is 18.0 Å². The van der Waals surface area contributed by atoms with Crippen molar-refractivity contribution in [2.45, 2.75) is 76.8 Å². The number of carbonyl (C=O) groups excluding carboxylic acids is 1. The molecule has 0 aliphatic heterocycles. The van der Waals surface area contributed by atoms with Gasteiger partial charge in [-0.05, 0) is 50.5 Å². The van der Waals surface area contributed by atoms with Gasteiger partial charge in [-0.1, -0.05) is 98.7 Å². The van der Waals surface area contributed by atoms with E-state index in [0.29, 0.717) is 12.8 Å². The molecule has 0 aliphatic carbocycles. The molecule has 0 radical (unpaired) electrons. The summed E-state index contributed by atoms with van der Waals surface area (Å²) in [5.74, 6) is -4.10. The van der Waals surface area contributed by atoms with E-state index >= 15 is 0 Å². The molecule has 0 fully saturated rings. The minimum absolute atomic E-state index is 0.0588. The Bertz CT molecular complexity index is 763. The van der Waals surface area contributed by atoms with Crippen LogP contribution in [0.4, 0.5) is 13.2 Å². The molecule has 182 valence electrons. The van der Waals surface area contributed by atoms with Gasteiger partial charge in [0.25, 0.3) is 0 Å². The zero-order valence-electron chi connectivity index (χ0n) is 19.6. The zero-order valence-corrected chi connectivity index (χ0v) is 19.6. The van der Waals surface area contributed by atoms with Crippen LogP contribution in [0, 0.1) is 5.92 Å². The van der Waals surface area contributed by atoms with Crippen LogP contribution in [-0.2, 0) is 4.79 Å². The van der Waals surface area contributed by atoms with Crippen LogP contribution < -0.4 is 5.73 Å². The number of carbonyl (C=O) groups is 1. The van der Waals surface area contributed by atoms with Gasteiger partial charge < -0.3 is 5.73 Å². The normalized spacial score (nSPS) is 14.7. The Morgan fingerprint density at radius 3 is 1.85 bits per heavy atom. The number of benzene rings is 1. The molecule has 1 rings (SSSR count). The third kappa shape index (κ3) is 12.9. The van der Waals surface area contributed by atoms with E-state index in [1.807, 2.05) is 18.2 Å². The topological polar surface area (TPSA) is 43.1 Å². The summed E-state index contributed by atoms with van der Waals surface area (Å²) in [6.07, 6.45) is 19.8. The summed E-state index contributed by atoms with van der Waals surface area (Å²) in [6, 6.07) is 7.52. The van der Waals surface area contributed by atoms with Crippen molar-refractivity contribution in [1.82, 2.24) is 0 Å². The van der Waals surface area contributed by atoms with Crippen LogP contribution in [0.25, 0.3) is 0 Å². The van der Waals surface area contributed by atoms with Gasteiger partial charge in [0.05, 0.1) is 11.8 Å². The maximum atomic E-state index is 13.7. The molecule has 0 heterocycles. The van der Waals surface area contributed by atoms with E-state index in [1.165, 1.54) is 31.4 Å². The molecule has 2 unspecified atom stereocenters. The fraction of sp³-hybridized carbons (Fsp3) is 0.464. The highest BCUT2D eigenvalue weighted by molar-refractivity contribution is 5.78. The Morgan fingerprint density at radius 2 is 1.36 bits per heavy atom. The SMILES string of the molecule is CCCCCC=CCC=CCC=CCC=CCCC(C(N)=O)C(c1ccccc1)C(F)(F)F. The van der Waals surface area contributed by atoms with E-state index in [4.69, 9.17) is 5.73 Å². The fourth-order valence-corrected chi connectivity index (χ4v) is 3.62. The fourth-order valence-electron chi connectivity index (χ4n) is 3.62. The standard InChI is InChI=1S/C28H38F3NO/c1-2-3-4-5-6-7-8-9-10-11-12-13-14-15-16-20-23-25(27(32)33)26(28(29,30)31)24-21-18-17-19-22-24/h6-7,9-10,12-13,15-19,21-22,25-26H,2-5,8,11,14,20,23H2,1H3,(H2,32,33). The van der Waals surface area contributed by atoms with E-state index in [2.05, 4.69) is 37.3 Å². The van der Waals surface area contributed by atoms with Crippen LogP contribution in [0.2, 0.25) is 0 Å². The van der Waals surface area contributed by atoms with Crippen LogP contribution >= 0.6 is 0 Å². The first kappa shape index (κ1) is 28.5. The van der Waals surface area contributed by atoms with E-state index in [0.717, 1.165) is 19.3 Å². The van der Waals surface area contributed by atoms with Crippen molar-refractivity contribution in [2.75, 3.05) is 0 Å². The average Bonchev–Trinajstić information content (AvgIpc) is 2.77. The smallest absolute Gasteiger partial charge is 0.369 e. The number of rotatable bonds is 16. The number of hydrogen-bond donors (Lipinski definition) is 1. The van der Waals surface area contributed by atoms with Crippen molar-refractivity contribution < 1.29 is 18.0 Å². The van der Waals surface area contributed by atoms with Crippen molar-refractivity contribution in [2.24, 2.45) is 11.7 Å². The van der Waals surface area contributed by atoms with E-state index in [1.54, 1.807) is 18.2 Å². The molecular formula is C28H38F3NO. The lowest BCUT2D eigenvalue weighted by molar-refractivity contribution is -0.168. The molecule has 0 bridgehead atoms. The maximum absolute atomic E-state index is 13.7. The van der Waals surface area contributed by atoms with Gasteiger partial charge in [0.2, 0.25) is 5.91 Å². The van der Waals surface area contributed by atoms with Crippen LogP contribution in [0.3, 0.4) is 0 Å². The minimum Gasteiger partial charge on any atom is -0.369 e. The summed E-state index contributed by atoms with van der Waals surface area (Å²) in [5.41, 5.74) is 5.42. The van der Waals surface area contributed by atoms with Gasteiger partial charge >= 0.3 is 6.18 Å². The maximum Gasteiger partial charge on any atom is 0.396 e. The lowest BCUT2D eigenvalue weighted by Gasteiger charge is -2.27. The van der Waals surface area contributed by atoms with Gasteiger partial charge in [0, 0.05) is 0 Å². The molecule has 5 heteroatoms. The first-order valence-corrected chi connectivity index (χ1v) is 11.9. The molecule has 0 spiro atoms. The van der Waals surface area contributed by atoms with Gasteiger partial charge in [-0.3, -0.25) is 4.79 Å². The number of nitrogens with two attached hydrogens (primary N) is 1. The molecule has 0 saturated heterocycles. The second kappa shape index (κ2) is 17.0. The predicted molar refractivity (Wildman–Crippen MR) is 132 cm³/mol. The summed E-state index contributed by atoms with van der Waals surface area (Å²) in [4.78, 5) is 11.8. The van der Waals surface area contributed by atoms with Crippen LogP contribution in [0.5, 0.6) is 0 Å². The number of allylic oxidation sites excluding steroid dienone is 8. The van der Waals surface area contributed by atoms with Gasteiger partial charge in [-0.25, -0.2) is 0 Å². The monoisotopic (exact) mass is 461 g/mol. The summed E-state index contributed by atoms with van der Waals surface area (Å²) in [5, 5.41) is 0. The number of unbranched alkanes of at least 4 members (excludes halogenated alkanes) is 3. The Kier molecular flexibility index (Phi) is 14.7. The second-order valence-electron chi connectivity index (χ2n) is 8.10. The van der Waals surface area contributed by atoms with Gasteiger partial charge in [-0.15, -0.1) is 0 Å². The number of alkyl halides is 3. The minimum atomic E-state index is -4.54. The van der Waals surface area contributed by atoms with Crippen LogP contribution in [0.15, 0.2) is 78.9 Å². The highest BCUT2D eigenvalue weighted by Crippen LogP contribution is 2.42. The molecule has 1 aromatic rings. The summed E-state index contributed by atoms with van der Waals surface area (Å²) < 4.78 is 41.0. The average molecular weight is 462 g/mol. The molecule has 1 amide bonds. The molecule has 2 N–H and O–H groups in total. The molecule has 1 aromatic carbocycles.